The number of ether oxygens (including phenoxy) is 1. The van der Waals surface area contributed by atoms with E-state index in [0.29, 0.717) is 23.2 Å². The number of hydrogen-bond donors (Lipinski definition) is 0. The first-order valence-electron chi connectivity index (χ1n) is 6.05. The number of methoxy groups -OCH3 is 1. The number of hydrogen-bond acceptors (Lipinski definition) is 3. The van der Waals surface area contributed by atoms with Crippen LogP contribution < -0.4 is 0 Å². The molecule has 5 heteroatoms. The molecule has 2 rings (SSSR count). The Morgan fingerprint density at radius 3 is 2.94 bits per heavy atom. The van der Waals surface area contributed by atoms with E-state index in [1.807, 2.05) is 4.90 Å². The normalized spacial score (nSPS) is 24.1. The van der Waals surface area contributed by atoms with Crippen LogP contribution in [0.15, 0.2) is 18.3 Å². The molecule has 2 heterocycles. The van der Waals surface area contributed by atoms with Gasteiger partial charge in [0.15, 0.2) is 0 Å². The Balaban J connectivity index is 2.07. The zero-order valence-corrected chi connectivity index (χ0v) is 11.4. The number of halogens is 1. The summed E-state index contributed by atoms with van der Waals surface area (Å²) in [6.45, 7) is 3.56. The van der Waals surface area contributed by atoms with Crippen LogP contribution in [0.2, 0.25) is 5.15 Å². The summed E-state index contributed by atoms with van der Waals surface area (Å²) in [5.41, 5.74) is 0.573. The molecule has 0 spiro atoms. The van der Waals surface area contributed by atoms with E-state index in [0.717, 1.165) is 13.0 Å². The molecule has 2 atom stereocenters. The molecule has 1 saturated heterocycles. The van der Waals surface area contributed by atoms with Gasteiger partial charge < -0.3 is 9.64 Å². The SMILES string of the molecule is COC1CN(C(=O)c2ccc(Cl)nc2)CCC1C. The number of nitrogens with zero attached hydrogens (tertiary/aromatic N) is 2. The van der Waals surface area contributed by atoms with E-state index in [1.165, 1.54) is 6.20 Å². The molecule has 1 amide bonds. The minimum absolute atomic E-state index is 0.00637. The van der Waals surface area contributed by atoms with Crippen molar-refractivity contribution in [1.82, 2.24) is 9.88 Å². The Morgan fingerprint density at radius 1 is 1.56 bits per heavy atom. The minimum Gasteiger partial charge on any atom is -0.379 e. The van der Waals surface area contributed by atoms with Gasteiger partial charge in [0.1, 0.15) is 5.15 Å². The lowest BCUT2D eigenvalue weighted by molar-refractivity contribution is -0.00157. The van der Waals surface area contributed by atoms with Gasteiger partial charge >= 0.3 is 0 Å². The fourth-order valence-electron chi connectivity index (χ4n) is 2.21. The van der Waals surface area contributed by atoms with Crippen molar-refractivity contribution in [3.63, 3.8) is 0 Å². The molecule has 0 aromatic carbocycles. The molecular weight excluding hydrogens is 252 g/mol. The van der Waals surface area contributed by atoms with E-state index < -0.39 is 0 Å². The van der Waals surface area contributed by atoms with Gasteiger partial charge in [-0.3, -0.25) is 4.79 Å². The summed E-state index contributed by atoms with van der Waals surface area (Å²) in [7, 11) is 1.69. The summed E-state index contributed by atoms with van der Waals surface area (Å²) < 4.78 is 5.41. The van der Waals surface area contributed by atoms with Crippen LogP contribution >= 0.6 is 11.6 Å². The van der Waals surface area contributed by atoms with E-state index in [4.69, 9.17) is 16.3 Å². The minimum atomic E-state index is -0.00637. The van der Waals surface area contributed by atoms with E-state index in [1.54, 1.807) is 19.2 Å². The van der Waals surface area contributed by atoms with Crippen molar-refractivity contribution in [2.45, 2.75) is 19.4 Å². The van der Waals surface area contributed by atoms with Crippen LogP contribution in [0.1, 0.15) is 23.7 Å². The molecule has 1 aromatic heterocycles. The van der Waals surface area contributed by atoms with Crippen molar-refractivity contribution in [2.75, 3.05) is 20.2 Å². The van der Waals surface area contributed by atoms with Crippen molar-refractivity contribution in [3.05, 3.63) is 29.0 Å². The fourth-order valence-corrected chi connectivity index (χ4v) is 2.32. The van der Waals surface area contributed by atoms with Crippen molar-refractivity contribution < 1.29 is 9.53 Å². The average molecular weight is 269 g/mol. The second-order valence-corrected chi connectivity index (χ2v) is 5.05. The second kappa shape index (κ2) is 5.67. The lowest BCUT2D eigenvalue weighted by Crippen LogP contribution is -2.46. The van der Waals surface area contributed by atoms with Gasteiger partial charge in [0, 0.05) is 26.4 Å². The third-order valence-electron chi connectivity index (χ3n) is 3.45. The highest BCUT2D eigenvalue weighted by molar-refractivity contribution is 6.29. The lowest BCUT2D eigenvalue weighted by Gasteiger charge is -2.36. The van der Waals surface area contributed by atoms with Crippen LogP contribution in [0.4, 0.5) is 0 Å². The maximum absolute atomic E-state index is 12.3. The molecule has 1 aliphatic heterocycles. The first kappa shape index (κ1) is 13.3. The fraction of sp³-hybridized carbons (Fsp3) is 0.538. The molecule has 2 unspecified atom stereocenters. The Morgan fingerprint density at radius 2 is 2.33 bits per heavy atom. The largest absolute Gasteiger partial charge is 0.379 e. The smallest absolute Gasteiger partial charge is 0.255 e. The molecule has 1 aliphatic rings. The summed E-state index contributed by atoms with van der Waals surface area (Å²) >= 11 is 5.71. The molecule has 4 nitrogen and oxygen atoms in total. The van der Waals surface area contributed by atoms with Crippen LogP contribution in [-0.2, 0) is 4.74 Å². The molecule has 0 radical (unpaired) electrons. The van der Waals surface area contributed by atoms with E-state index >= 15 is 0 Å². The van der Waals surface area contributed by atoms with Crippen molar-refractivity contribution >= 4 is 17.5 Å². The zero-order valence-electron chi connectivity index (χ0n) is 10.6. The van der Waals surface area contributed by atoms with E-state index in [-0.39, 0.29) is 12.0 Å². The first-order chi connectivity index (χ1) is 8.61. The molecule has 98 valence electrons. The molecule has 1 fully saturated rings. The van der Waals surface area contributed by atoms with Crippen LogP contribution in [0.3, 0.4) is 0 Å². The Bertz CT molecular complexity index is 422. The summed E-state index contributed by atoms with van der Waals surface area (Å²) in [6, 6.07) is 3.34. The molecular formula is C13H17ClN2O2. The van der Waals surface area contributed by atoms with E-state index in [2.05, 4.69) is 11.9 Å². The zero-order chi connectivity index (χ0) is 13.1. The quantitative estimate of drug-likeness (QED) is 0.773. The summed E-state index contributed by atoms with van der Waals surface area (Å²) in [5.74, 6) is 0.482. The van der Waals surface area contributed by atoms with Crippen LogP contribution in [0, 0.1) is 5.92 Å². The summed E-state index contributed by atoms with van der Waals surface area (Å²) in [6.07, 6.45) is 2.60. The van der Waals surface area contributed by atoms with Crippen molar-refractivity contribution in [1.29, 1.82) is 0 Å². The highest BCUT2D eigenvalue weighted by Crippen LogP contribution is 2.21. The third kappa shape index (κ3) is 2.82. The second-order valence-electron chi connectivity index (χ2n) is 4.66. The maximum Gasteiger partial charge on any atom is 0.255 e. The summed E-state index contributed by atoms with van der Waals surface area (Å²) in [5, 5.41) is 0.397. The lowest BCUT2D eigenvalue weighted by atomic mass is 9.95. The standard InChI is InChI=1S/C13H17ClN2O2/c1-9-5-6-16(8-11(9)18-2)13(17)10-3-4-12(14)15-7-10/h3-4,7,9,11H,5-6,8H2,1-2H3. The number of aromatic nitrogens is 1. The molecule has 18 heavy (non-hydrogen) atoms. The van der Waals surface area contributed by atoms with Gasteiger partial charge in [-0.05, 0) is 24.5 Å². The highest BCUT2D eigenvalue weighted by atomic mass is 35.5. The van der Waals surface area contributed by atoms with Gasteiger partial charge in [0.25, 0.3) is 5.91 Å². The predicted molar refractivity (Wildman–Crippen MR) is 69.7 cm³/mol. The first-order valence-corrected chi connectivity index (χ1v) is 6.43. The van der Waals surface area contributed by atoms with Crippen LogP contribution in [0.5, 0.6) is 0 Å². The average Bonchev–Trinajstić information content (AvgIpc) is 2.39. The number of carbonyl (C=O) groups excluding carboxylic acids is 1. The molecule has 0 aliphatic carbocycles. The van der Waals surface area contributed by atoms with Crippen LogP contribution in [-0.4, -0.2) is 42.1 Å². The third-order valence-corrected chi connectivity index (χ3v) is 3.68. The molecule has 0 bridgehead atoms. The van der Waals surface area contributed by atoms with Gasteiger partial charge in [-0.15, -0.1) is 0 Å². The van der Waals surface area contributed by atoms with Crippen molar-refractivity contribution in [2.24, 2.45) is 5.92 Å². The number of carbonyl (C=O) groups is 1. The van der Waals surface area contributed by atoms with Crippen LogP contribution in [0.25, 0.3) is 0 Å². The maximum atomic E-state index is 12.3. The number of amides is 1. The predicted octanol–water partition coefficient (Wildman–Crippen LogP) is 2.23. The highest BCUT2D eigenvalue weighted by Gasteiger charge is 2.29. The topological polar surface area (TPSA) is 42.4 Å². The van der Waals surface area contributed by atoms with Crippen molar-refractivity contribution in [3.8, 4) is 0 Å². The molecule has 0 saturated carbocycles. The monoisotopic (exact) mass is 268 g/mol. The number of piperidine rings is 1. The van der Waals surface area contributed by atoms with Gasteiger partial charge in [-0.1, -0.05) is 18.5 Å². The Labute approximate surface area is 112 Å². The van der Waals surface area contributed by atoms with Gasteiger partial charge in [0.2, 0.25) is 0 Å². The molecule has 1 aromatic rings. The number of pyridine rings is 1. The van der Waals surface area contributed by atoms with Gasteiger partial charge in [0.05, 0.1) is 11.7 Å². The number of rotatable bonds is 2. The Hall–Kier alpha value is -1.13. The van der Waals surface area contributed by atoms with Gasteiger partial charge in [-0.25, -0.2) is 4.98 Å². The number of likely N-dealkylation sites (tertiary alicyclic amines) is 1. The summed E-state index contributed by atoms with van der Waals surface area (Å²) in [4.78, 5) is 18.0. The molecule has 0 N–H and O–H groups in total. The van der Waals surface area contributed by atoms with E-state index in [9.17, 15) is 4.79 Å². The van der Waals surface area contributed by atoms with Gasteiger partial charge in [-0.2, -0.15) is 0 Å². The Kier molecular flexibility index (Phi) is 4.19.